The van der Waals surface area contributed by atoms with Crippen molar-refractivity contribution in [3.8, 4) is 5.75 Å². The van der Waals surface area contributed by atoms with Crippen molar-refractivity contribution in [2.75, 3.05) is 39.6 Å². The fourth-order valence-electron chi connectivity index (χ4n) is 3.09. The summed E-state index contributed by atoms with van der Waals surface area (Å²) in [7, 11) is 5.48. The largest absolute Gasteiger partial charge is 0.490 e. The Balaban J connectivity index is 0.00000196. The van der Waals surface area contributed by atoms with Crippen molar-refractivity contribution in [2.45, 2.75) is 6.42 Å². The molecule has 0 atom stereocenters. The number of nitro benzene ring substituents is 1. The average Bonchev–Trinajstić information content (AvgIpc) is 2.62. The number of ether oxygens (including phenoxy) is 1. The molecule has 7 nitrogen and oxygen atoms in total. The number of fused-ring (bicyclic) bond motifs is 2. The lowest BCUT2D eigenvalue weighted by Crippen LogP contribution is -2.16. The van der Waals surface area contributed by atoms with Crippen LogP contribution in [0.15, 0.2) is 36.4 Å². The van der Waals surface area contributed by atoms with Gasteiger partial charge in [-0.2, -0.15) is 0 Å². The van der Waals surface area contributed by atoms with Gasteiger partial charge in [0, 0.05) is 11.9 Å². The van der Waals surface area contributed by atoms with Gasteiger partial charge in [0.1, 0.15) is 5.39 Å². The van der Waals surface area contributed by atoms with Gasteiger partial charge in [-0.3, -0.25) is 10.1 Å². The summed E-state index contributed by atoms with van der Waals surface area (Å²) in [4.78, 5) is 18.1. The number of hydrogen-bond donors (Lipinski definition) is 1. The highest BCUT2D eigenvalue weighted by molar-refractivity contribution is 6.12. The fraction of sp³-hybridized carbons (Fsp3) is 0.316. The van der Waals surface area contributed by atoms with Crippen LogP contribution in [0.5, 0.6) is 5.75 Å². The summed E-state index contributed by atoms with van der Waals surface area (Å²) >= 11 is 0. The van der Waals surface area contributed by atoms with E-state index in [1.165, 1.54) is 7.11 Å². The zero-order chi connectivity index (χ0) is 18.7. The maximum absolute atomic E-state index is 11.8. The predicted molar refractivity (Wildman–Crippen MR) is 119 cm³/mol. The van der Waals surface area contributed by atoms with Gasteiger partial charge >= 0.3 is 5.69 Å². The van der Waals surface area contributed by atoms with Gasteiger partial charge in [-0.25, -0.2) is 4.98 Å². The molecular formula is C19H24Cl2N4O3. The second-order valence-electron chi connectivity index (χ2n) is 6.36. The van der Waals surface area contributed by atoms with E-state index < -0.39 is 4.92 Å². The van der Waals surface area contributed by atoms with Crippen LogP contribution >= 0.6 is 24.8 Å². The molecule has 0 spiro atoms. The highest BCUT2D eigenvalue weighted by atomic mass is 35.5. The van der Waals surface area contributed by atoms with E-state index in [0.29, 0.717) is 17.4 Å². The number of aromatic nitrogens is 1. The van der Waals surface area contributed by atoms with E-state index in [0.717, 1.165) is 29.6 Å². The summed E-state index contributed by atoms with van der Waals surface area (Å²) in [5.74, 6) is 0.232. The average molecular weight is 427 g/mol. The Kier molecular flexibility index (Phi) is 8.68. The molecule has 3 aromatic rings. The first-order valence-corrected chi connectivity index (χ1v) is 8.45. The monoisotopic (exact) mass is 426 g/mol. The van der Waals surface area contributed by atoms with Crippen LogP contribution in [0.1, 0.15) is 6.42 Å². The highest BCUT2D eigenvalue weighted by Crippen LogP contribution is 2.41. The molecule has 0 aliphatic carbocycles. The summed E-state index contributed by atoms with van der Waals surface area (Å²) in [6.45, 7) is 1.63. The van der Waals surface area contributed by atoms with E-state index in [2.05, 4.69) is 15.2 Å². The van der Waals surface area contributed by atoms with Gasteiger partial charge in [0.25, 0.3) is 0 Å². The summed E-state index contributed by atoms with van der Waals surface area (Å²) in [5.41, 5.74) is 2.05. The van der Waals surface area contributed by atoms with Gasteiger partial charge in [0.15, 0.2) is 5.75 Å². The van der Waals surface area contributed by atoms with Crippen LogP contribution in [-0.2, 0) is 0 Å². The number of hydrogen-bond acceptors (Lipinski definition) is 6. The minimum absolute atomic E-state index is 0. The molecule has 0 unspecified atom stereocenters. The minimum Gasteiger partial charge on any atom is -0.490 e. The first-order chi connectivity index (χ1) is 12.5. The van der Waals surface area contributed by atoms with Crippen molar-refractivity contribution < 1.29 is 9.66 Å². The molecule has 3 rings (SSSR count). The van der Waals surface area contributed by atoms with E-state index in [1.807, 2.05) is 38.4 Å². The first-order valence-electron chi connectivity index (χ1n) is 8.45. The van der Waals surface area contributed by atoms with Crippen LogP contribution in [0.4, 0.5) is 11.4 Å². The third-order valence-corrected chi connectivity index (χ3v) is 4.27. The lowest BCUT2D eigenvalue weighted by atomic mass is 10.1. The van der Waals surface area contributed by atoms with Crippen LogP contribution in [0.3, 0.4) is 0 Å². The Morgan fingerprint density at radius 1 is 1.14 bits per heavy atom. The number of nitro groups is 1. The molecule has 1 N–H and O–H groups in total. The summed E-state index contributed by atoms with van der Waals surface area (Å²) in [6.07, 6.45) is 0.920. The zero-order valence-corrected chi connectivity index (χ0v) is 17.6. The predicted octanol–water partition coefficient (Wildman–Crippen LogP) is 4.51. The molecule has 0 fully saturated rings. The smallest absolute Gasteiger partial charge is 0.322 e. The number of nitrogens with zero attached hydrogens (tertiary/aromatic N) is 3. The molecule has 152 valence electrons. The maximum atomic E-state index is 11.8. The van der Waals surface area contributed by atoms with E-state index >= 15 is 0 Å². The van der Waals surface area contributed by atoms with E-state index in [-0.39, 0.29) is 36.3 Å². The van der Waals surface area contributed by atoms with Crippen molar-refractivity contribution >= 4 is 58.0 Å². The molecule has 0 bridgehead atoms. The highest BCUT2D eigenvalue weighted by Gasteiger charge is 2.24. The second-order valence-corrected chi connectivity index (χ2v) is 6.36. The van der Waals surface area contributed by atoms with Crippen molar-refractivity contribution in [3.05, 3.63) is 46.5 Å². The zero-order valence-electron chi connectivity index (χ0n) is 16.0. The van der Waals surface area contributed by atoms with E-state index in [9.17, 15) is 10.1 Å². The van der Waals surface area contributed by atoms with Gasteiger partial charge in [-0.05, 0) is 45.3 Å². The molecule has 1 aromatic heterocycles. The summed E-state index contributed by atoms with van der Waals surface area (Å²) in [6, 6.07) is 11.0. The van der Waals surface area contributed by atoms with E-state index in [1.54, 1.807) is 12.1 Å². The van der Waals surface area contributed by atoms with Gasteiger partial charge in [0.05, 0.1) is 28.8 Å². The first kappa shape index (κ1) is 23.7. The molecule has 1 heterocycles. The molecule has 0 aliphatic rings. The third-order valence-electron chi connectivity index (χ3n) is 4.27. The van der Waals surface area contributed by atoms with Crippen molar-refractivity contribution in [2.24, 2.45) is 0 Å². The molecule has 0 radical (unpaired) electrons. The van der Waals surface area contributed by atoms with Crippen molar-refractivity contribution in [1.82, 2.24) is 9.88 Å². The second kappa shape index (κ2) is 10.3. The summed E-state index contributed by atoms with van der Waals surface area (Å²) < 4.78 is 5.24. The van der Waals surface area contributed by atoms with Gasteiger partial charge in [0.2, 0.25) is 0 Å². The Labute approximate surface area is 176 Å². The number of nitrogens with one attached hydrogen (secondary N) is 1. The Morgan fingerprint density at radius 2 is 1.86 bits per heavy atom. The Hall–Kier alpha value is -2.35. The molecule has 9 heteroatoms. The van der Waals surface area contributed by atoms with Crippen molar-refractivity contribution in [3.63, 3.8) is 0 Å². The number of rotatable bonds is 7. The van der Waals surface area contributed by atoms with Crippen LogP contribution in [0.25, 0.3) is 21.8 Å². The topological polar surface area (TPSA) is 80.5 Å². The summed E-state index contributed by atoms with van der Waals surface area (Å²) in [5, 5.41) is 16.5. The van der Waals surface area contributed by atoms with E-state index in [4.69, 9.17) is 4.74 Å². The van der Waals surface area contributed by atoms with Crippen LogP contribution in [0, 0.1) is 10.1 Å². The molecule has 0 aliphatic heterocycles. The van der Waals surface area contributed by atoms with Gasteiger partial charge in [-0.15, -0.1) is 24.8 Å². The third kappa shape index (κ3) is 4.73. The molecule has 28 heavy (non-hydrogen) atoms. The van der Waals surface area contributed by atoms with Gasteiger partial charge < -0.3 is 15.0 Å². The molecule has 0 saturated carbocycles. The number of anilines is 1. The lowest BCUT2D eigenvalue weighted by Gasteiger charge is -2.15. The Bertz CT molecular complexity index is 967. The normalized spacial score (nSPS) is 10.4. The Morgan fingerprint density at radius 3 is 2.50 bits per heavy atom. The minimum atomic E-state index is -0.400. The number of benzene rings is 2. The number of halogens is 2. The number of methoxy groups -OCH3 is 1. The molecular weight excluding hydrogens is 403 g/mol. The quantitative estimate of drug-likeness (QED) is 0.259. The van der Waals surface area contributed by atoms with Crippen LogP contribution in [-0.4, -0.2) is 49.1 Å². The van der Waals surface area contributed by atoms with Crippen LogP contribution < -0.4 is 10.1 Å². The number of para-hydroxylation sites is 1. The molecule has 0 amide bonds. The van der Waals surface area contributed by atoms with Crippen LogP contribution in [0.2, 0.25) is 0 Å². The maximum Gasteiger partial charge on any atom is 0.322 e. The molecule has 0 saturated heterocycles. The van der Waals surface area contributed by atoms with Crippen molar-refractivity contribution in [1.29, 1.82) is 0 Å². The molecule has 2 aromatic carbocycles. The lowest BCUT2D eigenvalue weighted by molar-refractivity contribution is -0.383. The fourth-order valence-corrected chi connectivity index (χ4v) is 3.09. The SMILES string of the molecule is COc1ccc2nc3ccccc3c(NCCCN(C)C)c2c1[N+](=O)[O-].Cl.Cl. The van der Waals surface area contributed by atoms with Gasteiger partial charge in [-0.1, -0.05) is 18.2 Å². The standard InChI is InChI=1S/C19H22N4O3.2ClH/c1-22(2)12-6-11-20-18-13-7-4-5-8-14(13)21-15-9-10-16(26-3)19(17(15)18)23(24)25;;/h4-5,7-10H,6,11-12H2,1-3H3,(H,20,21);2*1H. The number of pyridine rings is 1.